The maximum Gasteiger partial charge on any atom is 0.488 e. The van der Waals surface area contributed by atoms with Crippen LogP contribution in [0.5, 0.6) is 34.5 Å². The van der Waals surface area contributed by atoms with E-state index in [1.807, 2.05) is 66.7 Å². The summed E-state index contributed by atoms with van der Waals surface area (Å²) < 4.78 is 22.8. The summed E-state index contributed by atoms with van der Waals surface area (Å²) in [5, 5.41) is 56.1. The van der Waals surface area contributed by atoms with Crippen molar-refractivity contribution in [2.75, 3.05) is 25.7 Å². The molecule has 14 nitrogen and oxygen atoms in total. The second-order valence-corrected chi connectivity index (χ2v) is 43.0. The van der Waals surface area contributed by atoms with Crippen LogP contribution < -0.4 is 99.5 Å². The van der Waals surface area contributed by atoms with Crippen LogP contribution in [0, 0.1) is 20.2 Å². The van der Waals surface area contributed by atoms with Gasteiger partial charge in [-0.2, -0.15) is 0 Å². The fraction of sp³-hybridized carbons (Fsp3) is 0.0924. The maximum atomic E-state index is 11.3. The van der Waals surface area contributed by atoms with Crippen molar-refractivity contribution in [3.8, 4) is 45.6 Å². The molecular formula is C119H114BBrN4O10P4Pd. The van der Waals surface area contributed by atoms with Crippen LogP contribution in [-0.4, -0.2) is 41.2 Å². The molecule has 0 fully saturated rings. The first-order chi connectivity index (χ1) is 66.9. The van der Waals surface area contributed by atoms with Crippen LogP contribution in [0.3, 0.4) is 0 Å². The summed E-state index contributed by atoms with van der Waals surface area (Å²) in [5.74, 6) is 3.11. The molecule has 0 aliphatic rings. The smallest absolute Gasteiger partial charge is 0.488 e. The van der Waals surface area contributed by atoms with Gasteiger partial charge in [0.1, 0.15) is 23.0 Å². The van der Waals surface area contributed by atoms with Gasteiger partial charge in [0, 0.05) is 48.2 Å². The predicted molar refractivity (Wildman–Crippen MR) is 595 cm³/mol. The van der Waals surface area contributed by atoms with Crippen molar-refractivity contribution in [2.24, 2.45) is 0 Å². The molecule has 710 valence electrons. The average Bonchev–Trinajstić information content (AvgIpc) is 0.791. The van der Waals surface area contributed by atoms with Crippen LogP contribution in [-0.2, 0) is 31.3 Å². The van der Waals surface area contributed by atoms with Gasteiger partial charge in [0.25, 0.3) is 0 Å². The van der Waals surface area contributed by atoms with Gasteiger partial charge in [0.05, 0.1) is 35.4 Å². The number of hydrogen-bond acceptors (Lipinski definition) is 12. The molecule has 0 spiro atoms. The van der Waals surface area contributed by atoms with Gasteiger partial charge in [-0.1, -0.05) is 483 Å². The zero-order valence-electron chi connectivity index (χ0n) is 78.5. The van der Waals surface area contributed by atoms with E-state index in [4.69, 9.17) is 40.5 Å². The number of benzene rings is 18. The summed E-state index contributed by atoms with van der Waals surface area (Å²) in [6, 6.07) is 165. The number of ether oxygens (including phenoxy) is 4. The van der Waals surface area contributed by atoms with Gasteiger partial charge in [-0.15, -0.1) is 0 Å². The third-order valence-corrected chi connectivity index (χ3v) is 31.7. The van der Waals surface area contributed by atoms with E-state index in [0.717, 1.165) is 38.7 Å². The summed E-state index contributed by atoms with van der Waals surface area (Å²) in [6.07, 6.45) is 0. The first-order valence-electron chi connectivity index (χ1n) is 44.8. The predicted octanol–water partition coefficient (Wildman–Crippen LogP) is 24.8. The Morgan fingerprint density at radius 3 is 0.707 bits per heavy atom. The molecule has 0 radical (unpaired) electrons. The van der Waals surface area contributed by atoms with Crippen molar-refractivity contribution in [3.05, 3.63) is 521 Å². The number of nitro groups is 2. The van der Waals surface area contributed by atoms with Gasteiger partial charge in [0.2, 0.25) is 0 Å². The molecule has 0 aliphatic heterocycles. The van der Waals surface area contributed by atoms with Crippen molar-refractivity contribution < 1.29 is 59.3 Å². The molecule has 0 saturated carbocycles. The van der Waals surface area contributed by atoms with Crippen molar-refractivity contribution in [1.29, 1.82) is 0 Å². The Bertz CT molecular complexity index is 5930. The third-order valence-electron chi connectivity index (χ3n) is 21.4. The first kappa shape index (κ1) is 108. The Morgan fingerprint density at radius 1 is 0.279 bits per heavy atom. The molecule has 18 rings (SSSR count). The van der Waals surface area contributed by atoms with Crippen molar-refractivity contribution >= 4 is 147 Å². The largest absolute Gasteiger partial charge is 0.490 e. The van der Waals surface area contributed by atoms with Gasteiger partial charge < -0.3 is 40.5 Å². The number of methoxy groups -OCH3 is 2. The van der Waals surface area contributed by atoms with Crippen LogP contribution in [0.25, 0.3) is 11.1 Å². The number of anilines is 2. The van der Waals surface area contributed by atoms with Crippen molar-refractivity contribution in [2.45, 2.75) is 59.8 Å². The topological polar surface area (TPSA) is 216 Å². The maximum absolute atomic E-state index is 11.3. The van der Waals surface area contributed by atoms with E-state index in [0.29, 0.717) is 28.4 Å². The van der Waals surface area contributed by atoms with E-state index >= 15 is 0 Å². The molecule has 6 N–H and O–H groups in total. The Labute approximate surface area is 851 Å². The first-order valence-corrected chi connectivity index (χ1v) is 50.9. The van der Waals surface area contributed by atoms with Crippen LogP contribution in [0.2, 0.25) is 0 Å². The minimum absolute atomic E-state index is 0. The number of hydrogen-bond donors (Lipinski definition) is 4. The summed E-state index contributed by atoms with van der Waals surface area (Å²) in [7, 11) is -0.799. The molecular weight excluding hydrogens is 1970 g/mol. The minimum Gasteiger partial charge on any atom is -0.490 e. The van der Waals surface area contributed by atoms with E-state index in [2.05, 4.69) is 428 Å². The number of halogens is 1. The number of nitrogens with two attached hydrogens (primary N) is 2. The number of nitrogen functional groups attached to an aromatic ring is 2. The van der Waals surface area contributed by atoms with E-state index in [1.165, 1.54) is 96.1 Å². The molecule has 0 saturated heterocycles. The normalized spacial score (nSPS) is 10.6. The van der Waals surface area contributed by atoms with E-state index < -0.39 is 48.7 Å². The van der Waals surface area contributed by atoms with Crippen LogP contribution in [0.1, 0.15) is 60.1 Å². The molecule has 0 heterocycles. The van der Waals surface area contributed by atoms with Crippen LogP contribution >= 0.6 is 47.6 Å². The molecule has 0 unspecified atom stereocenters. The molecule has 0 amide bonds. The molecule has 0 aromatic heterocycles. The Kier molecular flexibility index (Phi) is 42.8. The van der Waals surface area contributed by atoms with E-state index in [1.54, 1.807) is 24.3 Å². The molecule has 0 aliphatic carbocycles. The third kappa shape index (κ3) is 31.7. The average molecular weight is 2080 g/mol. The molecule has 140 heavy (non-hydrogen) atoms. The van der Waals surface area contributed by atoms with Gasteiger partial charge in [-0.25, -0.2) is 0 Å². The summed E-state index contributed by atoms with van der Waals surface area (Å²) in [5.41, 5.74) is 16.6. The number of para-hydroxylation sites is 2. The molecule has 18 aromatic rings. The fourth-order valence-electron chi connectivity index (χ4n) is 14.8. The second-order valence-electron chi connectivity index (χ2n) is 33.2. The molecule has 21 heteroatoms. The summed E-state index contributed by atoms with van der Waals surface area (Å²) >= 11 is 3.39. The molecule has 0 bridgehead atoms. The summed E-state index contributed by atoms with van der Waals surface area (Å²) in [6.45, 7) is 12.9. The van der Waals surface area contributed by atoms with E-state index in [-0.39, 0.29) is 67.0 Å². The second kappa shape index (κ2) is 55.3. The quantitative estimate of drug-likeness (QED) is 0.0164. The fourth-order valence-corrected chi connectivity index (χ4v) is 24.4. The van der Waals surface area contributed by atoms with Crippen molar-refractivity contribution in [3.63, 3.8) is 0 Å². The van der Waals surface area contributed by atoms with E-state index in [9.17, 15) is 20.2 Å². The number of nitro benzene ring substituents is 2. The van der Waals surface area contributed by atoms with Gasteiger partial charge >= 0.3 is 18.5 Å². The molecule has 18 aromatic carbocycles. The minimum atomic E-state index is -1.72. The Balaban J connectivity index is 0.000000169. The standard InChI is InChI=1S/C23H24N2O4.4C18H15P.C16H18BrNO.C7H8BNO5.CH4.Pd/c1-23(2,3)17-7-5-6-8-20(17)29-21-11-9-15(13-18(21)24)16-10-12-22(28-4)19(14-16)25(26)27;4*1-4-10-16(11-5-1)19(17-12-6-2-7-13-17)18-14-8-3-9-15-18;1-16(2,3)12-6-4-5-7-14(12)19-15-9-8-11(17)10-13(15)18;1-14-7-3-2-5(8(10)11)4-6(7)9(12)13;;/h5-14H,24H2,1-4H3;4*1-15H;4-10H,18H2,1-3H3;2-4,10-11H,1H3;1H4;. The van der Waals surface area contributed by atoms with Crippen LogP contribution in [0.4, 0.5) is 22.7 Å². The monoisotopic (exact) mass is 2080 g/mol. The van der Waals surface area contributed by atoms with Crippen molar-refractivity contribution in [1.82, 2.24) is 0 Å². The number of nitrogens with zero attached hydrogens (tertiary/aromatic N) is 2. The van der Waals surface area contributed by atoms with Gasteiger partial charge in [-0.05, 0) is 177 Å². The molecule has 0 atom stereocenters. The Hall–Kier alpha value is -13.6. The SMILES string of the molecule is C.CC(C)(C)c1ccccc1Oc1ccc(Br)cc1N.COc1ccc(-c2ccc(Oc3ccccc3C(C)(C)C)c(N)c2)cc1[N+](=O)[O-].COc1ccc(B(O)O)cc1[N+](=O)[O-].[Pd].c1ccc(P(c2ccccc2)c2ccccc2)cc1.c1ccc(P(c2ccccc2)c2ccccc2)cc1.c1ccc(P(c2ccccc2)c2ccccc2)cc1.c1ccc(P(c2ccccc2)c2ccccc2)cc1. The van der Waals surface area contributed by atoms with Gasteiger partial charge in [-0.3, -0.25) is 20.2 Å². The zero-order valence-corrected chi connectivity index (χ0v) is 85.2. The Morgan fingerprint density at radius 2 is 0.486 bits per heavy atom. The number of rotatable bonds is 22. The summed E-state index contributed by atoms with van der Waals surface area (Å²) in [4.78, 5) is 20.7. The zero-order chi connectivity index (χ0) is 97.6. The van der Waals surface area contributed by atoms with Gasteiger partial charge in [0.15, 0.2) is 11.5 Å². The van der Waals surface area contributed by atoms with Crippen LogP contribution in [0.15, 0.2) is 490 Å².